The fourth-order valence-electron chi connectivity index (χ4n) is 4.16. The van der Waals surface area contributed by atoms with E-state index in [9.17, 15) is 15.3 Å². The minimum Gasteiger partial charge on any atom is -0.394 e. The van der Waals surface area contributed by atoms with Gasteiger partial charge in [0.25, 0.3) is 0 Å². The fourth-order valence-corrected chi connectivity index (χ4v) is 4.16. The first-order valence-electron chi connectivity index (χ1n) is 10.8. The van der Waals surface area contributed by atoms with Gasteiger partial charge in [-0.2, -0.15) is 5.10 Å². The Morgan fingerprint density at radius 3 is 2.67 bits per heavy atom. The Bertz CT molecular complexity index is 1240. The van der Waals surface area contributed by atoms with E-state index < -0.39 is 31.1 Å². The summed E-state index contributed by atoms with van der Waals surface area (Å²) in [7, 11) is 0. The van der Waals surface area contributed by atoms with Gasteiger partial charge in [0.1, 0.15) is 23.8 Å². The molecule has 0 aliphatic carbocycles. The first kappa shape index (κ1) is 21.5. The van der Waals surface area contributed by atoms with Crippen molar-refractivity contribution in [2.45, 2.75) is 43.8 Å². The lowest BCUT2D eigenvalue weighted by Crippen LogP contribution is -2.33. The summed E-state index contributed by atoms with van der Waals surface area (Å²) in [5.74, 6) is 0.550. The van der Waals surface area contributed by atoms with Gasteiger partial charge < -0.3 is 25.8 Å². The van der Waals surface area contributed by atoms with Crippen LogP contribution in [0.1, 0.15) is 23.9 Å². The van der Waals surface area contributed by atoms with Crippen LogP contribution < -0.4 is 5.73 Å². The average molecular weight is 451 g/mol. The number of aromatic amines is 1. The summed E-state index contributed by atoms with van der Waals surface area (Å²) in [6.07, 6.45) is 1.30. The molecule has 0 bridgehead atoms. The Morgan fingerprint density at radius 1 is 1.09 bits per heavy atom. The van der Waals surface area contributed by atoms with E-state index in [2.05, 4.69) is 37.3 Å². The summed E-state index contributed by atoms with van der Waals surface area (Å²) in [5, 5.41) is 37.1. The van der Waals surface area contributed by atoms with Crippen molar-refractivity contribution in [3.05, 3.63) is 54.1 Å². The Hall–Kier alpha value is -3.38. The van der Waals surface area contributed by atoms with Crippen LogP contribution >= 0.6 is 0 Å². The number of ether oxygens (including phenoxy) is 1. The lowest BCUT2D eigenvalue weighted by molar-refractivity contribution is -0.0511. The molecule has 0 amide bonds. The molecular formula is C22H25N7O4. The standard InChI is InChI=1S/C22H25N7O4/c23-19-16-21(29(11-24-16)22-18(32)17(31)15(10-30)33-22)27-20(26-19)13-9-25-28-14(13)8-4-7-12-5-2-1-3-6-12/h1-3,5-6,9,11,15,17-18,22,30-32H,4,7-8,10H2,(H,25,28)(H2,23,26,27)/t15-,17-,18-,22-/m1/s1. The second-order valence-electron chi connectivity index (χ2n) is 8.09. The Balaban J connectivity index is 1.43. The maximum Gasteiger partial charge on any atom is 0.168 e. The van der Waals surface area contributed by atoms with Gasteiger partial charge in [0, 0.05) is 5.69 Å². The number of hydrogen-bond donors (Lipinski definition) is 5. The third-order valence-electron chi connectivity index (χ3n) is 5.93. The van der Waals surface area contributed by atoms with E-state index in [1.807, 2.05) is 18.2 Å². The van der Waals surface area contributed by atoms with Crippen molar-refractivity contribution in [1.82, 2.24) is 29.7 Å². The summed E-state index contributed by atoms with van der Waals surface area (Å²) in [4.78, 5) is 13.3. The van der Waals surface area contributed by atoms with Crippen LogP contribution in [0, 0.1) is 0 Å². The number of nitrogens with one attached hydrogen (secondary N) is 1. The number of hydrogen-bond acceptors (Lipinski definition) is 9. The van der Waals surface area contributed by atoms with Gasteiger partial charge in [-0.25, -0.2) is 15.0 Å². The molecule has 172 valence electrons. The molecule has 0 spiro atoms. The number of fused-ring (bicyclic) bond motifs is 1. The van der Waals surface area contributed by atoms with E-state index in [0.717, 1.165) is 30.5 Å². The average Bonchev–Trinajstić information content (AvgIpc) is 3.53. The Kier molecular flexibility index (Phi) is 5.77. The summed E-state index contributed by atoms with van der Waals surface area (Å²) in [6, 6.07) is 10.3. The molecule has 1 aliphatic heterocycles. The van der Waals surface area contributed by atoms with Gasteiger partial charge in [0.2, 0.25) is 0 Å². The second-order valence-corrected chi connectivity index (χ2v) is 8.09. The molecule has 6 N–H and O–H groups in total. The number of nitrogens with zero attached hydrogens (tertiary/aromatic N) is 5. The van der Waals surface area contributed by atoms with Crippen LogP contribution in [-0.2, 0) is 17.6 Å². The zero-order valence-electron chi connectivity index (χ0n) is 17.7. The Labute approximate surface area is 188 Å². The number of nitrogen functional groups attached to an aromatic ring is 1. The molecule has 0 unspecified atom stereocenters. The van der Waals surface area contributed by atoms with E-state index in [1.165, 1.54) is 16.5 Å². The smallest absolute Gasteiger partial charge is 0.168 e. The van der Waals surface area contributed by atoms with Crippen molar-refractivity contribution in [3.63, 3.8) is 0 Å². The number of rotatable bonds is 7. The monoisotopic (exact) mass is 451 g/mol. The maximum absolute atomic E-state index is 10.4. The van der Waals surface area contributed by atoms with E-state index in [-0.39, 0.29) is 5.82 Å². The molecule has 11 heteroatoms. The van der Waals surface area contributed by atoms with E-state index >= 15 is 0 Å². The lowest BCUT2D eigenvalue weighted by Gasteiger charge is -2.16. The van der Waals surface area contributed by atoms with Gasteiger partial charge in [-0.1, -0.05) is 30.3 Å². The quantitative estimate of drug-likeness (QED) is 0.270. The van der Waals surface area contributed by atoms with Crippen molar-refractivity contribution in [3.8, 4) is 11.4 Å². The predicted octanol–water partition coefficient (Wildman–Crippen LogP) is 0.585. The van der Waals surface area contributed by atoms with Gasteiger partial charge in [0.15, 0.2) is 23.5 Å². The number of benzene rings is 1. The highest BCUT2D eigenvalue weighted by Gasteiger charge is 2.44. The molecule has 33 heavy (non-hydrogen) atoms. The molecule has 4 heterocycles. The number of aryl methyl sites for hydroxylation is 2. The maximum atomic E-state index is 10.4. The minimum atomic E-state index is -1.26. The number of imidazole rings is 1. The van der Waals surface area contributed by atoms with Crippen molar-refractivity contribution in [2.75, 3.05) is 12.3 Å². The SMILES string of the molecule is Nc1nc(-c2cn[nH]c2CCCc2ccccc2)nc2c1ncn2[C@@H]1O[C@H](CO)[C@@H](O)[C@H]1O. The molecular weight excluding hydrogens is 426 g/mol. The van der Waals surface area contributed by atoms with Gasteiger partial charge in [-0.05, 0) is 24.8 Å². The first-order valence-corrected chi connectivity index (χ1v) is 10.8. The van der Waals surface area contributed by atoms with Crippen LogP contribution in [0.3, 0.4) is 0 Å². The van der Waals surface area contributed by atoms with Crippen molar-refractivity contribution >= 4 is 17.0 Å². The summed E-state index contributed by atoms with van der Waals surface area (Å²) >= 11 is 0. The minimum absolute atomic E-state index is 0.178. The normalized spacial score (nSPS) is 22.9. The molecule has 1 aromatic carbocycles. The zero-order valence-corrected chi connectivity index (χ0v) is 17.7. The van der Waals surface area contributed by atoms with Crippen LogP contribution in [0.4, 0.5) is 5.82 Å². The molecule has 1 saturated heterocycles. The molecule has 4 atom stereocenters. The molecule has 5 rings (SSSR count). The molecule has 0 saturated carbocycles. The number of aromatic nitrogens is 6. The summed E-state index contributed by atoms with van der Waals surface area (Å²) in [6.45, 7) is -0.426. The number of nitrogens with two attached hydrogens (primary N) is 1. The number of anilines is 1. The van der Waals surface area contributed by atoms with Gasteiger partial charge in [0.05, 0.1) is 24.7 Å². The van der Waals surface area contributed by atoms with Gasteiger partial charge in [-0.3, -0.25) is 9.67 Å². The van der Waals surface area contributed by atoms with Crippen LogP contribution in [0.15, 0.2) is 42.9 Å². The van der Waals surface area contributed by atoms with Crippen LogP contribution in [0.25, 0.3) is 22.6 Å². The van der Waals surface area contributed by atoms with E-state index in [4.69, 9.17) is 10.5 Å². The molecule has 11 nitrogen and oxygen atoms in total. The zero-order chi connectivity index (χ0) is 22.9. The van der Waals surface area contributed by atoms with Crippen LogP contribution in [0.2, 0.25) is 0 Å². The third kappa shape index (κ3) is 3.95. The Morgan fingerprint density at radius 2 is 1.91 bits per heavy atom. The van der Waals surface area contributed by atoms with Crippen molar-refractivity contribution in [2.24, 2.45) is 0 Å². The highest BCUT2D eigenvalue weighted by molar-refractivity contribution is 5.84. The first-order chi connectivity index (χ1) is 16.1. The molecule has 1 aliphatic rings. The third-order valence-corrected chi connectivity index (χ3v) is 5.93. The summed E-state index contributed by atoms with van der Waals surface area (Å²) < 4.78 is 7.13. The van der Waals surface area contributed by atoms with Gasteiger partial charge in [-0.15, -0.1) is 0 Å². The molecule has 0 radical (unpaired) electrons. The van der Waals surface area contributed by atoms with E-state index in [1.54, 1.807) is 6.20 Å². The van der Waals surface area contributed by atoms with E-state index in [0.29, 0.717) is 17.0 Å². The van der Waals surface area contributed by atoms with Crippen molar-refractivity contribution < 1.29 is 20.1 Å². The summed E-state index contributed by atoms with van der Waals surface area (Å²) in [5.41, 5.74) is 9.76. The largest absolute Gasteiger partial charge is 0.394 e. The second kappa shape index (κ2) is 8.87. The highest BCUT2D eigenvalue weighted by atomic mass is 16.6. The number of aliphatic hydroxyl groups is 3. The van der Waals surface area contributed by atoms with Crippen LogP contribution in [-0.4, -0.2) is 70.0 Å². The lowest BCUT2D eigenvalue weighted by atomic mass is 10.1. The topological polar surface area (TPSA) is 168 Å². The number of H-pyrrole nitrogens is 1. The van der Waals surface area contributed by atoms with Crippen LogP contribution in [0.5, 0.6) is 0 Å². The van der Waals surface area contributed by atoms with Gasteiger partial charge >= 0.3 is 0 Å². The molecule has 4 aromatic rings. The number of aliphatic hydroxyl groups excluding tert-OH is 3. The highest BCUT2D eigenvalue weighted by Crippen LogP contribution is 2.33. The molecule has 1 fully saturated rings. The van der Waals surface area contributed by atoms with Crippen molar-refractivity contribution in [1.29, 1.82) is 0 Å². The predicted molar refractivity (Wildman–Crippen MR) is 119 cm³/mol. The molecule has 3 aromatic heterocycles. The fraction of sp³-hybridized carbons (Fsp3) is 0.364.